The molecule has 1 fully saturated rings. The topological polar surface area (TPSA) is 49.9 Å². The quantitative estimate of drug-likeness (QED) is 0.831. The van der Waals surface area contributed by atoms with Crippen molar-refractivity contribution in [2.45, 2.75) is 32.1 Å². The summed E-state index contributed by atoms with van der Waals surface area (Å²) in [6.45, 7) is 9.71. The van der Waals surface area contributed by atoms with E-state index in [0.29, 0.717) is 18.8 Å². The largest absolute Gasteiger partial charge is 0.495 e. The number of hydrogen-bond donors (Lipinski definition) is 0. The molecule has 0 unspecified atom stereocenters. The summed E-state index contributed by atoms with van der Waals surface area (Å²) < 4.78 is 32.7. The molecule has 0 atom stereocenters. The van der Waals surface area contributed by atoms with Gasteiger partial charge < -0.3 is 9.64 Å². The first-order valence-corrected chi connectivity index (χ1v) is 9.22. The minimum atomic E-state index is -3.50. The summed E-state index contributed by atoms with van der Waals surface area (Å²) in [6, 6.07) is 3.53. The predicted molar refractivity (Wildman–Crippen MR) is 88.0 cm³/mol. The molecule has 2 rings (SSSR count). The maximum absolute atomic E-state index is 12.9. The molecule has 1 aliphatic heterocycles. The normalized spacial score (nSPS) is 17.6. The predicted octanol–water partition coefficient (Wildman–Crippen LogP) is 2.03. The third kappa shape index (κ3) is 3.45. The number of rotatable bonds is 5. The maximum atomic E-state index is 12.9. The van der Waals surface area contributed by atoms with E-state index >= 15 is 0 Å². The number of benzene rings is 1. The number of piperazine rings is 1. The molecule has 1 aliphatic rings. The molecule has 6 heteroatoms. The zero-order valence-corrected chi connectivity index (χ0v) is 14.7. The van der Waals surface area contributed by atoms with Crippen molar-refractivity contribution in [1.82, 2.24) is 9.21 Å². The van der Waals surface area contributed by atoms with Crippen LogP contribution in [0.15, 0.2) is 17.0 Å². The average Bonchev–Trinajstić information content (AvgIpc) is 2.50. The second kappa shape index (κ2) is 6.98. The van der Waals surface area contributed by atoms with E-state index < -0.39 is 10.0 Å². The highest BCUT2D eigenvalue weighted by atomic mass is 32.2. The SMILES string of the molecule is CCCN1CCN(S(=O)(=O)c2cc(C)c(C)cc2OC)CC1. The monoisotopic (exact) mass is 326 g/mol. The Morgan fingerprint density at radius 3 is 2.23 bits per heavy atom. The second-order valence-electron chi connectivity index (χ2n) is 5.83. The summed E-state index contributed by atoms with van der Waals surface area (Å²) in [4.78, 5) is 2.59. The smallest absolute Gasteiger partial charge is 0.246 e. The van der Waals surface area contributed by atoms with Gasteiger partial charge in [0.1, 0.15) is 10.6 Å². The van der Waals surface area contributed by atoms with Gasteiger partial charge in [-0.05, 0) is 50.1 Å². The summed E-state index contributed by atoms with van der Waals surface area (Å²) >= 11 is 0. The van der Waals surface area contributed by atoms with E-state index in [0.717, 1.165) is 37.2 Å². The molecule has 0 aromatic heterocycles. The van der Waals surface area contributed by atoms with Crippen molar-refractivity contribution in [2.24, 2.45) is 0 Å². The van der Waals surface area contributed by atoms with Crippen molar-refractivity contribution in [2.75, 3.05) is 39.8 Å². The van der Waals surface area contributed by atoms with Gasteiger partial charge in [-0.2, -0.15) is 4.31 Å². The number of sulfonamides is 1. The van der Waals surface area contributed by atoms with Crippen LogP contribution in [0.25, 0.3) is 0 Å². The standard InChI is InChI=1S/C16H26N2O3S/c1-5-6-17-7-9-18(10-8-17)22(19,20)16-12-14(3)13(2)11-15(16)21-4/h11-12H,5-10H2,1-4H3. The first-order valence-electron chi connectivity index (χ1n) is 7.78. The van der Waals surface area contributed by atoms with E-state index in [1.54, 1.807) is 16.4 Å². The summed E-state index contributed by atoms with van der Waals surface area (Å²) in [6.07, 6.45) is 1.09. The Bertz CT molecular complexity index is 621. The molecule has 124 valence electrons. The molecular formula is C16H26N2O3S. The van der Waals surface area contributed by atoms with Crippen LogP contribution in [0.1, 0.15) is 24.5 Å². The van der Waals surface area contributed by atoms with E-state index in [4.69, 9.17) is 4.74 Å². The third-order valence-corrected chi connectivity index (χ3v) is 6.19. The zero-order chi connectivity index (χ0) is 16.3. The van der Waals surface area contributed by atoms with Gasteiger partial charge in [-0.1, -0.05) is 6.92 Å². The lowest BCUT2D eigenvalue weighted by molar-refractivity contribution is 0.188. The Labute approximate surface area is 133 Å². The van der Waals surface area contributed by atoms with Crippen LogP contribution in [0, 0.1) is 13.8 Å². The average molecular weight is 326 g/mol. The van der Waals surface area contributed by atoms with Crippen LogP contribution in [-0.2, 0) is 10.0 Å². The summed E-state index contributed by atoms with van der Waals surface area (Å²) in [5, 5.41) is 0. The van der Waals surface area contributed by atoms with Gasteiger partial charge >= 0.3 is 0 Å². The highest BCUT2D eigenvalue weighted by molar-refractivity contribution is 7.89. The van der Waals surface area contributed by atoms with Gasteiger partial charge in [0.25, 0.3) is 0 Å². The van der Waals surface area contributed by atoms with Gasteiger partial charge in [0.2, 0.25) is 10.0 Å². The zero-order valence-electron chi connectivity index (χ0n) is 13.9. The molecule has 0 N–H and O–H groups in total. The van der Waals surface area contributed by atoms with E-state index in [9.17, 15) is 8.42 Å². The van der Waals surface area contributed by atoms with Gasteiger partial charge in [-0.3, -0.25) is 0 Å². The van der Waals surface area contributed by atoms with Crippen molar-refractivity contribution in [3.8, 4) is 5.75 Å². The lowest BCUT2D eigenvalue weighted by Crippen LogP contribution is -2.48. The number of methoxy groups -OCH3 is 1. The molecule has 5 nitrogen and oxygen atoms in total. The molecule has 0 aliphatic carbocycles. The fourth-order valence-corrected chi connectivity index (χ4v) is 4.42. The first-order chi connectivity index (χ1) is 10.4. The molecule has 1 aromatic rings. The van der Waals surface area contributed by atoms with Crippen molar-refractivity contribution < 1.29 is 13.2 Å². The molecule has 1 aromatic carbocycles. The van der Waals surface area contributed by atoms with Crippen molar-refractivity contribution in [3.63, 3.8) is 0 Å². The fourth-order valence-electron chi connectivity index (χ4n) is 2.77. The summed E-state index contributed by atoms with van der Waals surface area (Å²) in [5.74, 6) is 0.430. The van der Waals surface area contributed by atoms with Crippen molar-refractivity contribution in [1.29, 1.82) is 0 Å². The number of aryl methyl sites for hydroxylation is 2. The van der Waals surface area contributed by atoms with E-state index in [-0.39, 0.29) is 4.90 Å². The van der Waals surface area contributed by atoms with E-state index in [1.165, 1.54) is 7.11 Å². The van der Waals surface area contributed by atoms with Gasteiger partial charge in [0.15, 0.2) is 0 Å². The first kappa shape index (κ1) is 17.2. The Hall–Kier alpha value is -1.11. The van der Waals surface area contributed by atoms with Crippen LogP contribution < -0.4 is 4.74 Å². The van der Waals surface area contributed by atoms with Crippen molar-refractivity contribution in [3.05, 3.63) is 23.3 Å². The second-order valence-corrected chi connectivity index (χ2v) is 7.74. The van der Waals surface area contributed by atoms with Gasteiger partial charge in [-0.25, -0.2) is 8.42 Å². The highest BCUT2D eigenvalue weighted by Gasteiger charge is 2.30. The lowest BCUT2D eigenvalue weighted by atomic mass is 10.1. The highest BCUT2D eigenvalue weighted by Crippen LogP contribution is 2.30. The van der Waals surface area contributed by atoms with E-state index in [1.807, 2.05) is 13.8 Å². The maximum Gasteiger partial charge on any atom is 0.246 e. The Morgan fingerprint density at radius 1 is 1.09 bits per heavy atom. The Morgan fingerprint density at radius 2 is 1.68 bits per heavy atom. The molecule has 0 amide bonds. The Balaban J connectivity index is 2.26. The van der Waals surface area contributed by atoms with E-state index in [2.05, 4.69) is 11.8 Å². The molecule has 0 saturated carbocycles. The molecule has 1 heterocycles. The third-order valence-electron chi connectivity index (χ3n) is 4.27. The molecule has 0 bridgehead atoms. The number of ether oxygens (including phenoxy) is 1. The summed E-state index contributed by atoms with van der Waals surface area (Å²) in [7, 11) is -1.98. The van der Waals surface area contributed by atoms with Crippen molar-refractivity contribution >= 4 is 10.0 Å². The molecule has 1 saturated heterocycles. The minimum Gasteiger partial charge on any atom is -0.495 e. The number of nitrogens with zero attached hydrogens (tertiary/aromatic N) is 2. The number of hydrogen-bond acceptors (Lipinski definition) is 4. The minimum absolute atomic E-state index is 0.280. The Kier molecular flexibility index (Phi) is 5.47. The fraction of sp³-hybridized carbons (Fsp3) is 0.625. The van der Waals surface area contributed by atoms with Gasteiger partial charge in [0, 0.05) is 26.2 Å². The summed E-state index contributed by atoms with van der Waals surface area (Å²) in [5.41, 5.74) is 1.99. The van der Waals surface area contributed by atoms with Gasteiger partial charge in [-0.15, -0.1) is 0 Å². The van der Waals surface area contributed by atoms with Gasteiger partial charge in [0.05, 0.1) is 7.11 Å². The van der Waals surface area contributed by atoms with Crippen LogP contribution in [0.3, 0.4) is 0 Å². The molecule has 22 heavy (non-hydrogen) atoms. The van der Waals surface area contributed by atoms with Crippen LogP contribution >= 0.6 is 0 Å². The van der Waals surface area contributed by atoms with Crippen LogP contribution in [0.2, 0.25) is 0 Å². The van der Waals surface area contributed by atoms with Crippen LogP contribution in [0.5, 0.6) is 5.75 Å². The molecular weight excluding hydrogens is 300 g/mol. The lowest BCUT2D eigenvalue weighted by Gasteiger charge is -2.34. The van der Waals surface area contributed by atoms with Crippen LogP contribution in [0.4, 0.5) is 0 Å². The molecule has 0 radical (unpaired) electrons. The van der Waals surface area contributed by atoms with Crippen LogP contribution in [-0.4, -0.2) is 57.5 Å². The molecule has 0 spiro atoms.